The van der Waals surface area contributed by atoms with Crippen molar-refractivity contribution in [3.63, 3.8) is 0 Å². The molecular weight excluding hydrogens is 324 g/mol. The van der Waals surface area contributed by atoms with Crippen LogP contribution in [0.25, 0.3) is 0 Å². The predicted molar refractivity (Wildman–Crippen MR) is 102 cm³/mol. The molecule has 3 aliphatic rings. The standard InChI is InChI=1S/C22H30N2O2/c25-20-19(17-8-6-3-7-9-17)16-22(23-20)12-14-24(15-13-22)21(26)18-10-4-1-2-5-11-18/h3,6-9,18-19H,1-2,4-5,10-16H2,(H,23,25)/t19-/m1/s1. The van der Waals surface area contributed by atoms with Gasteiger partial charge < -0.3 is 10.2 Å². The van der Waals surface area contributed by atoms with Crippen LogP contribution in [0, 0.1) is 5.92 Å². The van der Waals surface area contributed by atoms with Crippen molar-refractivity contribution in [3.8, 4) is 0 Å². The molecular formula is C22H30N2O2. The number of carbonyl (C=O) groups is 2. The maximum atomic E-state index is 12.9. The summed E-state index contributed by atoms with van der Waals surface area (Å²) in [4.78, 5) is 27.5. The maximum absolute atomic E-state index is 12.9. The third-order valence-electron chi connectivity index (χ3n) is 6.74. The smallest absolute Gasteiger partial charge is 0.228 e. The molecule has 1 aliphatic carbocycles. The summed E-state index contributed by atoms with van der Waals surface area (Å²) in [7, 11) is 0. The Hall–Kier alpha value is -1.84. The lowest BCUT2D eigenvalue weighted by Crippen LogP contribution is -2.53. The van der Waals surface area contributed by atoms with E-state index in [1.807, 2.05) is 30.3 Å². The molecule has 1 aromatic carbocycles. The van der Waals surface area contributed by atoms with Crippen LogP contribution in [0.4, 0.5) is 0 Å². The fourth-order valence-electron chi connectivity index (χ4n) is 5.11. The molecule has 1 spiro atoms. The molecule has 140 valence electrons. The molecule has 0 bridgehead atoms. The monoisotopic (exact) mass is 354 g/mol. The first-order valence-corrected chi connectivity index (χ1v) is 10.3. The molecule has 1 aromatic rings. The van der Waals surface area contributed by atoms with Crippen molar-refractivity contribution in [3.05, 3.63) is 35.9 Å². The van der Waals surface area contributed by atoms with Crippen LogP contribution in [0.15, 0.2) is 30.3 Å². The van der Waals surface area contributed by atoms with Crippen molar-refractivity contribution < 1.29 is 9.59 Å². The molecule has 1 saturated carbocycles. The van der Waals surface area contributed by atoms with E-state index in [-0.39, 0.29) is 23.3 Å². The zero-order valence-electron chi connectivity index (χ0n) is 15.6. The average Bonchev–Trinajstić information content (AvgIpc) is 2.85. The maximum Gasteiger partial charge on any atom is 0.228 e. The van der Waals surface area contributed by atoms with Gasteiger partial charge in [0.25, 0.3) is 0 Å². The predicted octanol–water partition coefficient (Wildman–Crippen LogP) is 3.62. The first kappa shape index (κ1) is 17.6. The fraction of sp³-hybridized carbons (Fsp3) is 0.636. The van der Waals surface area contributed by atoms with Gasteiger partial charge in [-0.25, -0.2) is 0 Å². The second-order valence-corrected chi connectivity index (χ2v) is 8.45. The van der Waals surface area contributed by atoms with E-state index in [0.29, 0.717) is 5.91 Å². The van der Waals surface area contributed by atoms with Crippen LogP contribution in [-0.4, -0.2) is 35.3 Å². The Kier molecular flexibility index (Phi) is 5.01. The molecule has 2 amide bonds. The molecule has 2 heterocycles. The van der Waals surface area contributed by atoms with Crippen LogP contribution in [-0.2, 0) is 9.59 Å². The zero-order chi connectivity index (χ0) is 18.0. The van der Waals surface area contributed by atoms with Crippen LogP contribution in [0.2, 0.25) is 0 Å². The molecule has 2 saturated heterocycles. The first-order valence-electron chi connectivity index (χ1n) is 10.3. The van der Waals surface area contributed by atoms with Crippen molar-refractivity contribution in [2.24, 2.45) is 5.92 Å². The van der Waals surface area contributed by atoms with Crippen LogP contribution < -0.4 is 5.32 Å². The van der Waals surface area contributed by atoms with Gasteiger partial charge in [-0.1, -0.05) is 56.0 Å². The normalized spacial score (nSPS) is 26.5. The van der Waals surface area contributed by atoms with Gasteiger partial charge in [-0.2, -0.15) is 0 Å². The summed E-state index contributed by atoms with van der Waals surface area (Å²) in [5.41, 5.74) is 0.997. The number of rotatable bonds is 2. The summed E-state index contributed by atoms with van der Waals surface area (Å²) in [5, 5.41) is 3.29. The molecule has 0 radical (unpaired) electrons. The minimum Gasteiger partial charge on any atom is -0.350 e. The lowest BCUT2D eigenvalue weighted by Gasteiger charge is -2.40. The summed E-state index contributed by atoms with van der Waals surface area (Å²) >= 11 is 0. The van der Waals surface area contributed by atoms with E-state index in [2.05, 4.69) is 10.2 Å². The average molecular weight is 354 g/mol. The highest BCUT2D eigenvalue weighted by molar-refractivity contribution is 5.87. The van der Waals surface area contributed by atoms with Crippen molar-refractivity contribution in [1.29, 1.82) is 0 Å². The summed E-state index contributed by atoms with van der Waals surface area (Å²) in [6.45, 7) is 1.58. The molecule has 4 rings (SSSR count). The van der Waals surface area contributed by atoms with Gasteiger partial charge in [-0.05, 0) is 37.7 Å². The number of nitrogens with zero attached hydrogens (tertiary/aromatic N) is 1. The van der Waals surface area contributed by atoms with Gasteiger partial charge in [0.15, 0.2) is 0 Å². The molecule has 3 fully saturated rings. The number of carbonyl (C=O) groups excluding carboxylic acids is 2. The van der Waals surface area contributed by atoms with Crippen molar-refractivity contribution in [2.45, 2.75) is 69.2 Å². The van der Waals surface area contributed by atoms with Gasteiger partial charge in [0.05, 0.1) is 5.92 Å². The van der Waals surface area contributed by atoms with Crippen LogP contribution in [0.1, 0.15) is 69.3 Å². The summed E-state index contributed by atoms with van der Waals surface area (Å²) < 4.78 is 0. The van der Waals surface area contributed by atoms with E-state index in [9.17, 15) is 9.59 Å². The molecule has 4 heteroatoms. The highest BCUT2D eigenvalue weighted by Gasteiger charge is 2.46. The number of likely N-dealkylation sites (tertiary alicyclic amines) is 1. The number of amides is 2. The number of benzene rings is 1. The molecule has 0 unspecified atom stereocenters. The van der Waals surface area contributed by atoms with Gasteiger partial charge in [0, 0.05) is 24.5 Å². The van der Waals surface area contributed by atoms with Crippen LogP contribution in [0.5, 0.6) is 0 Å². The quantitative estimate of drug-likeness (QED) is 0.825. The van der Waals surface area contributed by atoms with Crippen molar-refractivity contribution >= 4 is 11.8 Å². The van der Waals surface area contributed by atoms with Crippen molar-refractivity contribution in [1.82, 2.24) is 10.2 Å². The van der Waals surface area contributed by atoms with Gasteiger partial charge in [0.1, 0.15) is 0 Å². The minimum absolute atomic E-state index is 0.0414. The van der Waals surface area contributed by atoms with Gasteiger partial charge >= 0.3 is 0 Å². The molecule has 0 aromatic heterocycles. The van der Waals surface area contributed by atoms with E-state index < -0.39 is 0 Å². The van der Waals surface area contributed by atoms with Gasteiger partial charge in [-0.3, -0.25) is 9.59 Å². The van der Waals surface area contributed by atoms with E-state index in [4.69, 9.17) is 0 Å². The molecule has 1 N–H and O–H groups in total. The Bertz CT molecular complexity index is 641. The van der Waals surface area contributed by atoms with Gasteiger partial charge in [0.2, 0.25) is 11.8 Å². The third-order valence-corrected chi connectivity index (χ3v) is 6.74. The first-order chi connectivity index (χ1) is 12.7. The molecule has 1 atom stereocenters. The van der Waals surface area contributed by atoms with E-state index in [1.54, 1.807) is 0 Å². The van der Waals surface area contributed by atoms with Crippen molar-refractivity contribution in [2.75, 3.05) is 13.1 Å². The minimum atomic E-state index is -0.113. The zero-order valence-corrected chi connectivity index (χ0v) is 15.6. The molecule has 4 nitrogen and oxygen atoms in total. The Morgan fingerprint density at radius 2 is 1.65 bits per heavy atom. The largest absolute Gasteiger partial charge is 0.350 e. The topological polar surface area (TPSA) is 49.4 Å². The highest BCUT2D eigenvalue weighted by atomic mass is 16.2. The summed E-state index contributed by atoms with van der Waals surface area (Å²) in [6, 6.07) is 10.1. The van der Waals surface area contributed by atoms with Gasteiger partial charge in [-0.15, -0.1) is 0 Å². The third kappa shape index (κ3) is 3.51. The lowest BCUT2D eigenvalue weighted by molar-refractivity contribution is -0.137. The van der Waals surface area contributed by atoms with Crippen LogP contribution >= 0.6 is 0 Å². The number of piperidine rings is 1. The number of nitrogens with one attached hydrogen (secondary N) is 1. The summed E-state index contributed by atoms with van der Waals surface area (Å²) in [5.74, 6) is 0.715. The van der Waals surface area contributed by atoms with Crippen LogP contribution in [0.3, 0.4) is 0 Å². The Morgan fingerprint density at radius 3 is 2.31 bits per heavy atom. The highest BCUT2D eigenvalue weighted by Crippen LogP contribution is 2.39. The SMILES string of the molecule is O=C1NC2(CCN(C(=O)C3CCCCCC3)CC2)C[C@@H]1c1ccccc1. The lowest BCUT2D eigenvalue weighted by atomic mass is 9.81. The fourth-order valence-corrected chi connectivity index (χ4v) is 5.11. The Labute approximate surface area is 156 Å². The molecule has 26 heavy (non-hydrogen) atoms. The van der Waals surface area contributed by atoms with E-state index >= 15 is 0 Å². The number of hydrogen-bond acceptors (Lipinski definition) is 2. The molecule has 2 aliphatic heterocycles. The second kappa shape index (κ2) is 7.42. The summed E-state index contributed by atoms with van der Waals surface area (Å²) in [6.07, 6.45) is 9.72. The second-order valence-electron chi connectivity index (χ2n) is 8.45. The number of hydrogen-bond donors (Lipinski definition) is 1. The Balaban J connectivity index is 1.37. The van der Waals surface area contributed by atoms with E-state index in [0.717, 1.165) is 50.8 Å². The van der Waals surface area contributed by atoms with E-state index in [1.165, 1.54) is 25.7 Å². The Morgan fingerprint density at radius 1 is 1.00 bits per heavy atom.